The zero-order valence-corrected chi connectivity index (χ0v) is 11.1. The van der Waals surface area contributed by atoms with Gasteiger partial charge in [-0.1, -0.05) is 31.2 Å². The fourth-order valence-electron chi connectivity index (χ4n) is 1.74. The molecule has 0 amide bonds. The summed E-state index contributed by atoms with van der Waals surface area (Å²) >= 11 is 0. The quantitative estimate of drug-likeness (QED) is 0.735. The summed E-state index contributed by atoms with van der Waals surface area (Å²) in [5.41, 5.74) is 1.86. The van der Waals surface area contributed by atoms with Crippen molar-refractivity contribution >= 4 is 0 Å². The normalized spacial score (nSPS) is 11.8. The van der Waals surface area contributed by atoms with E-state index < -0.39 is 12.8 Å². The third-order valence-electron chi connectivity index (χ3n) is 2.64. The molecule has 0 fully saturated rings. The molecule has 0 heterocycles. The summed E-state index contributed by atoms with van der Waals surface area (Å²) in [6, 6.07) is 7.45. The van der Waals surface area contributed by atoms with Crippen molar-refractivity contribution in [2.75, 3.05) is 19.7 Å². The minimum Gasteiger partial charge on any atom is -0.367 e. The molecule has 0 aliphatic rings. The maximum Gasteiger partial charge on any atom is 0.411 e. The Hall–Kier alpha value is -1.07. The van der Waals surface area contributed by atoms with E-state index in [-0.39, 0.29) is 6.61 Å². The molecule has 5 heteroatoms. The molecule has 0 radical (unpaired) electrons. The molecule has 1 aromatic rings. The molecule has 0 aliphatic carbocycles. The zero-order chi connectivity index (χ0) is 14.1. The number of hydrogen-bond donors (Lipinski definition) is 1. The Labute approximate surface area is 112 Å². The second kappa shape index (κ2) is 8.17. The maximum atomic E-state index is 12.0. The molecule has 1 N–H and O–H groups in total. The Bertz CT molecular complexity index is 366. The van der Waals surface area contributed by atoms with E-state index in [0.717, 1.165) is 37.1 Å². The second-order valence-corrected chi connectivity index (χ2v) is 4.38. The molecule has 19 heavy (non-hydrogen) atoms. The number of rotatable bonds is 8. The molecule has 1 rings (SSSR count). The van der Waals surface area contributed by atoms with Crippen LogP contribution < -0.4 is 5.32 Å². The van der Waals surface area contributed by atoms with Crippen LogP contribution in [0, 0.1) is 0 Å². The third kappa shape index (κ3) is 7.18. The van der Waals surface area contributed by atoms with Crippen LogP contribution in [0.25, 0.3) is 0 Å². The fourth-order valence-corrected chi connectivity index (χ4v) is 1.74. The first-order valence-corrected chi connectivity index (χ1v) is 6.45. The van der Waals surface area contributed by atoms with Gasteiger partial charge in [0.2, 0.25) is 0 Å². The molecule has 0 spiro atoms. The van der Waals surface area contributed by atoms with Crippen molar-refractivity contribution in [2.24, 2.45) is 0 Å². The summed E-state index contributed by atoms with van der Waals surface area (Å²) < 4.78 is 40.7. The van der Waals surface area contributed by atoms with E-state index in [2.05, 4.69) is 12.2 Å². The Morgan fingerprint density at radius 1 is 1.11 bits per heavy atom. The first-order chi connectivity index (χ1) is 9.03. The lowest BCUT2D eigenvalue weighted by atomic mass is 10.1. The molecule has 0 saturated heterocycles. The number of ether oxygens (including phenoxy) is 1. The number of alkyl halides is 3. The Morgan fingerprint density at radius 3 is 2.42 bits per heavy atom. The summed E-state index contributed by atoms with van der Waals surface area (Å²) in [5.74, 6) is 0. The van der Waals surface area contributed by atoms with Crippen LogP contribution in [-0.2, 0) is 17.8 Å². The van der Waals surface area contributed by atoms with Crippen molar-refractivity contribution in [1.82, 2.24) is 5.32 Å². The van der Waals surface area contributed by atoms with Crippen molar-refractivity contribution in [3.8, 4) is 0 Å². The largest absolute Gasteiger partial charge is 0.411 e. The molecular formula is C14H20F3NO. The van der Waals surface area contributed by atoms with Gasteiger partial charge in [0, 0.05) is 0 Å². The molecule has 2 nitrogen and oxygen atoms in total. The summed E-state index contributed by atoms with van der Waals surface area (Å²) in [7, 11) is 0. The van der Waals surface area contributed by atoms with Gasteiger partial charge in [0.05, 0.1) is 6.61 Å². The lowest BCUT2D eigenvalue weighted by molar-refractivity contribution is -0.176. The van der Waals surface area contributed by atoms with Gasteiger partial charge in [0.1, 0.15) is 6.61 Å². The van der Waals surface area contributed by atoms with Gasteiger partial charge in [-0.15, -0.1) is 0 Å². The number of halogens is 3. The maximum absolute atomic E-state index is 12.0. The number of nitrogens with one attached hydrogen (secondary N) is 1. The van der Waals surface area contributed by atoms with Gasteiger partial charge < -0.3 is 10.1 Å². The highest BCUT2D eigenvalue weighted by Gasteiger charge is 2.27. The van der Waals surface area contributed by atoms with E-state index in [9.17, 15) is 13.2 Å². The van der Waals surface area contributed by atoms with Gasteiger partial charge in [-0.25, -0.2) is 0 Å². The standard InChI is InChI=1S/C14H20F3NO/c1-2-8-18-9-7-12-5-3-4-6-13(12)10-19-11-14(15,16)17/h3-6,18H,2,7-11H2,1H3. The highest BCUT2D eigenvalue weighted by Crippen LogP contribution is 2.17. The van der Waals surface area contributed by atoms with E-state index in [1.807, 2.05) is 24.3 Å². The number of hydrogen-bond acceptors (Lipinski definition) is 2. The predicted molar refractivity (Wildman–Crippen MR) is 69.0 cm³/mol. The minimum absolute atomic E-state index is 0.00343. The van der Waals surface area contributed by atoms with Gasteiger partial charge in [-0.05, 0) is 37.1 Å². The summed E-state index contributed by atoms with van der Waals surface area (Å²) in [5, 5.41) is 3.27. The highest BCUT2D eigenvalue weighted by molar-refractivity contribution is 5.26. The first-order valence-electron chi connectivity index (χ1n) is 6.45. The third-order valence-corrected chi connectivity index (χ3v) is 2.64. The topological polar surface area (TPSA) is 21.3 Å². The van der Waals surface area contributed by atoms with E-state index >= 15 is 0 Å². The second-order valence-electron chi connectivity index (χ2n) is 4.38. The van der Waals surface area contributed by atoms with Crippen LogP contribution in [0.1, 0.15) is 24.5 Å². The van der Waals surface area contributed by atoms with E-state index in [1.165, 1.54) is 0 Å². The lowest BCUT2D eigenvalue weighted by Gasteiger charge is -2.12. The molecule has 0 aliphatic heterocycles. The van der Waals surface area contributed by atoms with Crippen molar-refractivity contribution < 1.29 is 17.9 Å². The summed E-state index contributed by atoms with van der Waals surface area (Å²) in [4.78, 5) is 0. The Morgan fingerprint density at radius 2 is 1.79 bits per heavy atom. The molecule has 108 valence electrons. The van der Waals surface area contributed by atoms with Gasteiger partial charge in [0.25, 0.3) is 0 Å². The summed E-state index contributed by atoms with van der Waals surface area (Å²) in [6.45, 7) is 2.67. The molecular weight excluding hydrogens is 255 g/mol. The van der Waals surface area contributed by atoms with Crippen molar-refractivity contribution in [3.63, 3.8) is 0 Å². The Kier molecular flexibility index (Phi) is 6.87. The van der Waals surface area contributed by atoms with Crippen LogP contribution in [-0.4, -0.2) is 25.9 Å². The van der Waals surface area contributed by atoms with Crippen molar-refractivity contribution in [2.45, 2.75) is 32.5 Å². The van der Waals surface area contributed by atoms with Crippen LogP contribution in [0.15, 0.2) is 24.3 Å². The minimum atomic E-state index is -4.27. The van der Waals surface area contributed by atoms with Crippen molar-refractivity contribution in [1.29, 1.82) is 0 Å². The lowest BCUT2D eigenvalue weighted by Crippen LogP contribution is -2.19. The average molecular weight is 275 g/mol. The van der Waals surface area contributed by atoms with E-state index in [4.69, 9.17) is 4.74 Å². The highest BCUT2D eigenvalue weighted by atomic mass is 19.4. The predicted octanol–water partition coefficient (Wildman–Crippen LogP) is 3.31. The smallest absolute Gasteiger partial charge is 0.367 e. The number of benzene rings is 1. The van der Waals surface area contributed by atoms with Crippen LogP contribution in [0.5, 0.6) is 0 Å². The van der Waals surface area contributed by atoms with Gasteiger partial charge in [0.15, 0.2) is 0 Å². The zero-order valence-electron chi connectivity index (χ0n) is 11.1. The Balaban J connectivity index is 2.44. The van der Waals surface area contributed by atoms with Crippen LogP contribution in [0.4, 0.5) is 13.2 Å². The van der Waals surface area contributed by atoms with Crippen LogP contribution >= 0.6 is 0 Å². The fraction of sp³-hybridized carbons (Fsp3) is 0.571. The average Bonchev–Trinajstić information content (AvgIpc) is 2.35. The molecule has 0 unspecified atom stereocenters. The van der Waals surface area contributed by atoms with E-state index in [1.54, 1.807) is 0 Å². The molecule has 1 aromatic carbocycles. The SMILES string of the molecule is CCCNCCc1ccccc1COCC(F)(F)F. The summed E-state index contributed by atoms with van der Waals surface area (Å²) in [6.07, 6.45) is -2.40. The van der Waals surface area contributed by atoms with Crippen LogP contribution in [0.2, 0.25) is 0 Å². The molecule has 0 aromatic heterocycles. The molecule has 0 atom stereocenters. The monoisotopic (exact) mass is 275 g/mol. The first kappa shape index (κ1) is 16.0. The van der Waals surface area contributed by atoms with Gasteiger partial charge >= 0.3 is 6.18 Å². The van der Waals surface area contributed by atoms with Gasteiger partial charge in [-0.2, -0.15) is 13.2 Å². The van der Waals surface area contributed by atoms with Crippen molar-refractivity contribution in [3.05, 3.63) is 35.4 Å². The van der Waals surface area contributed by atoms with Crippen LogP contribution in [0.3, 0.4) is 0 Å². The molecule has 0 saturated carbocycles. The molecule has 0 bridgehead atoms. The van der Waals surface area contributed by atoms with Gasteiger partial charge in [-0.3, -0.25) is 0 Å². The van der Waals surface area contributed by atoms with E-state index in [0.29, 0.717) is 0 Å².